The monoisotopic (exact) mass is 351 g/mol. The molecular formula is C20H23N4O2+. The van der Waals surface area contributed by atoms with E-state index in [9.17, 15) is 10.5 Å². The van der Waals surface area contributed by atoms with Crippen LogP contribution < -0.4 is 10.7 Å². The highest BCUT2D eigenvalue weighted by Crippen LogP contribution is 2.84. The Morgan fingerprint density at radius 3 is 2.31 bits per heavy atom. The van der Waals surface area contributed by atoms with Crippen LogP contribution in [-0.4, -0.2) is 25.0 Å². The maximum atomic E-state index is 10.2. The van der Waals surface area contributed by atoms with Crippen LogP contribution in [0.1, 0.15) is 32.8 Å². The fourth-order valence-electron chi connectivity index (χ4n) is 5.65. The largest absolute Gasteiger partial charge is 0.343 e. The molecule has 1 spiro atoms. The molecule has 2 fully saturated rings. The summed E-state index contributed by atoms with van der Waals surface area (Å²) in [5.41, 5.74) is 4.14. The molecule has 1 saturated heterocycles. The number of nitrogens with one attached hydrogen (secondary N) is 1. The third-order valence-electron chi connectivity index (χ3n) is 6.73. The van der Waals surface area contributed by atoms with E-state index in [1.54, 1.807) is 0 Å². The SMILES string of the molecule is CC(C)(C[C@@]1(C)[C@]2(C#N)C(N)=[NH+]C3(OCCO3)[C@]12C#N)c1ccccc1. The maximum absolute atomic E-state index is 10.2. The summed E-state index contributed by atoms with van der Waals surface area (Å²) in [6, 6.07) is 14.9. The molecule has 3 N–H and O–H groups in total. The van der Waals surface area contributed by atoms with E-state index < -0.39 is 22.2 Å². The second-order valence-electron chi connectivity index (χ2n) is 8.33. The highest BCUT2D eigenvalue weighted by molar-refractivity contribution is 5.94. The highest BCUT2D eigenvalue weighted by Gasteiger charge is 3.02. The molecule has 6 nitrogen and oxygen atoms in total. The van der Waals surface area contributed by atoms with Gasteiger partial charge < -0.3 is 9.47 Å². The van der Waals surface area contributed by atoms with Crippen molar-refractivity contribution in [2.75, 3.05) is 13.2 Å². The summed E-state index contributed by atoms with van der Waals surface area (Å²) < 4.78 is 11.7. The Balaban J connectivity index is 1.83. The molecule has 134 valence electrons. The van der Waals surface area contributed by atoms with Gasteiger partial charge in [-0.15, -0.1) is 0 Å². The van der Waals surface area contributed by atoms with Crippen LogP contribution in [0.5, 0.6) is 0 Å². The van der Waals surface area contributed by atoms with E-state index in [0.29, 0.717) is 19.6 Å². The van der Waals surface area contributed by atoms with Crippen molar-refractivity contribution in [2.45, 2.75) is 38.5 Å². The number of nitrogens with two attached hydrogens (primary N) is 1. The van der Waals surface area contributed by atoms with Gasteiger partial charge in [0.1, 0.15) is 0 Å². The first-order valence-corrected chi connectivity index (χ1v) is 8.84. The lowest BCUT2D eigenvalue weighted by molar-refractivity contribution is -0.678. The van der Waals surface area contributed by atoms with Gasteiger partial charge in [0, 0.05) is 5.41 Å². The lowest BCUT2D eigenvalue weighted by atomic mass is 9.72. The Hall–Kier alpha value is -2.41. The molecule has 26 heavy (non-hydrogen) atoms. The van der Waals surface area contributed by atoms with Gasteiger partial charge in [-0.2, -0.15) is 10.5 Å². The van der Waals surface area contributed by atoms with Gasteiger partial charge in [-0.1, -0.05) is 51.1 Å². The second-order valence-corrected chi connectivity index (χ2v) is 8.33. The number of rotatable bonds is 3. The number of hydrogen-bond acceptors (Lipinski definition) is 5. The van der Waals surface area contributed by atoms with Gasteiger partial charge in [-0.3, -0.25) is 5.73 Å². The van der Waals surface area contributed by atoms with Crippen molar-refractivity contribution in [1.82, 2.24) is 0 Å². The van der Waals surface area contributed by atoms with Crippen LogP contribution in [0.4, 0.5) is 0 Å². The van der Waals surface area contributed by atoms with Crippen molar-refractivity contribution in [3.05, 3.63) is 35.9 Å². The molecule has 3 aliphatic rings. The normalized spacial score (nSPS) is 36.9. The zero-order valence-corrected chi connectivity index (χ0v) is 15.3. The molecule has 4 rings (SSSR count). The van der Waals surface area contributed by atoms with Crippen molar-refractivity contribution in [3.63, 3.8) is 0 Å². The summed E-state index contributed by atoms with van der Waals surface area (Å²) in [6.45, 7) is 6.95. The number of fused-ring (bicyclic) bond motifs is 2. The molecule has 1 aromatic rings. The van der Waals surface area contributed by atoms with Gasteiger partial charge in [0.15, 0.2) is 10.8 Å². The van der Waals surface area contributed by atoms with Crippen LogP contribution in [0.25, 0.3) is 0 Å². The quantitative estimate of drug-likeness (QED) is 0.827. The van der Waals surface area contributed by atoms with E-state index in [-0.39, 0.29) is 11.3 Å². The summed E-state index contributed by atoms with van der Waals surface area (Å²) in [5.74, 6) is -1.07. The number of hydrogen-bond donors (Lipinski definition) is 2. The summed E-state index contributed by atoms with van der Waals surface area (Å²) in [4.78, 5) is 3.00. The molecular weight excluding hydrogens is 328 g/mol. The average Bonchev–Trinajstić information content (AvgIpc) is 2.91. The number of nitrogens with zero attached hydrogens (tertiary/aromatic N) is 2. The van der Waals surface area contributed by atoms with Crippen molar-refractivity contribution < 1.29 is 14.5 Å². The third kappa shape index (κ3) is 1.52. The molecule has 2 aliphatic heterocycles. The van der Waals surface area contributed by atoms with Gasteiger partial charge in [0.25, 0.3) is 5.84 Å². The van der Waals surface area contributed by atoms with E-state index in [0.717, 1.165) is 5.56 Å². The molecule has 0 amide bonds. The fraction of sp³-hybridized carbons (Fsp3) is 0.550. The summed E-state index contributed by atoms with van der Waals surface area (Å²) in [6.07, 6.45) is 0.599. The highest BCUT2D eigenvalue weighted by atomic mass is 16.8. The predicted octanol–water partition coefficient (Wildman–Crippen LogP) is 0.546. The minimum Gasteiger partial charge on any atom is -0.311 e. The summed E-state index contributed by atoms with van der Waals surface area (Å²) >= 11 is 0. The van der Waals surface area contributed by atoms with Crippen LogP contribution in [0.15, 0.2) is 30.3 Å². The number of ether oxygens (including phenoxy) is 2. The Labute approximate surface area is 153 Å². The lowest BCUT2D eigenvalue weighted by Gasteiger charge is -2.33. The Morgan fingerprint density at radius 2 is 1.77 bits per heavy atom. The molecule has 0 aromatic heterocycles. The van der Waals surface area contributed by atoms with Gasteiger partial charge in [-0.25, -0.2) is 4.99 Å². The van der Waals surface area contributed by atoms with Crippen LogP contribution in [0.3, 0.4) is 0 Å². The molecule has 0 bridgehead atoms. The van der Waals surface area contributed by atoms with E-state index in [4.69, 9.17) is 15.2 Å². The third-order valence-corrected chi connectivity index (χ3v) is 6.73. The van der Waals surface area contributed by atoms with Gasteiger partial charge in [-0.05, 0) is 17.4 Å². The van der Waals surface area contributed by atoms with Crippen LogP contribution in [0.2, 0.25) is 0 Å². The molecule has 1 aliphatic carbocycles. The zero-order chi connectivity index (χ0) is 18.8. The van der Waals surface area contributed by atoms with E-state index in [1.807, 2.05) is 25.1 Å². The Kier molecular flexibility index (Phi) is 3.18. The fourth-order valence-corrected chi connectivity index (χ4v) is 5.65. The summed E-state index contributed by atoms with van der Waals surface area (Å²) in [7, 11) is 0. The number of benzene rings is 1. The van der Waals surface area contributed by atoms with Crippen LogP contribution in [-0.2, 0) is 14.9 Å². The standard InChI is InChI=1S/C20H22N4O2/c1-16(2,14-7-5-4-6-8-14)11-17(3)18(12-21)15(23)24-20(19(17,18)13-22)25-9-10-26-20/h4-8H,9-11H2,1-3H3,(H2,23,24)/p+1/t17-,18-,19+/m0/s1. The Morgan fingerprint density at radius 1 is 1.15 bits per heavy atom. The molecule has 0 radical (unpaired) electrons. The van der Waals surface area contributed by atoms with E-state index in [1.165, 1.54) is 0 Å². The summed E-state index contributed by atoms with van der Waals surface area (Å²) in [5, 5.41) is 20.4. The first-order chi connectivity index (χ1) is 12.3. The molecule has 3 atom stereocenters. The molecule has 2 heterocycles. The van der Waals surface area contributed by atoms with Gasteiger partial charge in [0.2, 0.25) is 0 Å². The van der Waals surface area contributed by atoms with Crippen LogP contribution >= 0.6 is 0 Å². The minimum atomic E-state index is -1.34. The lowest BCUT2D eigenvalue weighted by Crippen LogP contribution is -2.90. The smallest absolute Gasteiger partial charge is 0.311 e. The molecule has 1 aromatic carbocycles. The maximum Gasteiger partial charge on any atom is 0.343 e. The van der Waals surface area contributed by atoms with Gasteiger partial charge >= 0.3 is 5.91 Å². The van der Waals surface area contributed by atoms with Crippen molar-refractivity contribution in [2.24, 2.45) is 22.0 Å². The van der Waals surface area contributed by atoms with Crippen molar-refractivity contribution in [3.8, 4) is 12.1 Å². The van der Waals surface area contributed by atoms with Gasteiger partial charge in [0.05, 0.1) is 25.4 Å². The van der Waals surface area contributed by atoms with Crippen molar-refractivity contribution in [1.29, 1.82) is 10.5 Å². The predicted molar refractivity (Wildman–Crippen MR) is 93.1 cm³/mol. The van der Waals surface area contributed by atoms with E-state index >= 15 is 0 Å². The second kappa shape index (κ2) is 4.85. The average molecular weight is 351 g/mol. The number of nitriles is 2. The first-order valence-electron chi connectivity index (χ1n) is 8.84. The molecule has 6 heteroatoms. The minimum absolute atomic E-state index is 0.256. The van der Waals surface area contributed by atoms with Crippen molar-refractivity contribution >= 4 is 5.84 Å². The number of amidine groups is 1. The van der Waals surface area contributed by atoms with Crippen LogP contribution in [0, 0.1) is 38.9 Å². The van der Waals surface area contributed by atoms with E-state index in [2.05, 4.69) is 43.1 Å². The Bertz CT molecular complexity index is 875. The topological polar surface area (TPSA) is 106 Å². The molecule has 0 unspecified atom stereocenters. The first kappa shape index (κ1) is 17.0. The zero-order valence-electron chi connectivity index (χ0n) is 15.3. The molecule has 1 saturated carbocycles.